The Morgan fingerprint density at radius 2 is 2.38 bits per heavy atom. The second-order valence-electron chi connectivity index (χ2n) is 1.61. The number of rotatable bonds is 4. The lowest BCUT2D eigenvalue weighted by Gasteiger charge is -2.01. The third-order valence-electron chi connectivity index (χ3n) is 0.891. The maximum atomic E-state index is 12.1. The van der Waals surface area contributed by atoms with Crippen LogP contribution in [0, 0.1) is 0 Å². The number of hydrogen-bond donors (Lipinski definition) is 1. The maximum Gasteiger partial charge on any atom is 0.114 e. The van der Waals surface area contributed by atoms with Gasteiger partial charge in [-0.3, -0.25) is 0 Å². The van der Waals surface area contributed by atoms with Gasteiger partial charge in [0.25, 0.3) is 0 Å². The number of nitrogens with two attached hydrogens (primary N) is 1. The van der Waals surface area contributed by atoms with E-state index in [9.17, 15) is 4.39 Å². The van der Waals surface area contributed by atoms with Crippen LogP contribution in [0.25, 0.3) is 0 Å². The topological polar surface area (TPSA) is 35.2 Å². The van der Waals surface area contributed by atoms with Crippen molar-refractivity contribution in [3.63, 3.8) is 0 Å². The molecule has 2 nitrogen and oxygen atoms in total. The molecule has 0 aliphatic carbocycles. The fraction of sp³-hybridized carbons (Fsp3) is 1.00. The third kappa shape index (κ3) is 4.02. The van der Waals surface area contributed by atoms with Gasteiger partial charge in [0.15, 0.2) is 0 Å². The minimum Gasteiger partial charge on any atom is -0.385 e. The predicted molar refractivity (Wildman–Crippen MR) is 30.4 cm³/mol. The second kappa shape index (κ2) is 5.00. The number of methoxy groups -OCH3 is 1. The van der Waals surface area contributed by atoms with E-state index in [1.54, 1.807) is 7.11 Å². The molecule has 0 rings (SSSR count). The van der Waals surface area contributed by atoms with E-state index in [1.807, 2.05) is 0 Å². The van der Waals surface area contributed by atoms with Gasteiger partial charge >= 0.3 is 0 Å². The summed E-state index contributed by atoms with van der Waals surface area (Å²) < 4.78 is 16.7. The van der Waals surface area contributed by atoms with E-state index in [0.29, 0.717) is 13.0 Å². The van der Waals surface area contributed by atoms with Crippen LogP contribution in [0.4, 0.5) is 4.39 Å². The summed E-state index contributed by atoms with van der Waals surface area (Å²) in [6.45, 7) is 0.557. The van der Waals surface area contributed by atoms with Crippen LogP contribution in [0.5, 0.6) is 0 Å². The molecular weight excluding hydrogens is 109 g/mol. The summed E-state index contributed by atoms with van der Waals surface area (Å²) in [7, 11) is 1.54. The maximum absolute atomic E-state index is 12.1. The lowest BCUT2D eigenvalue weighted by Crippen LogP contribution is -2.16. The summed E-state index contributed by atoms with van der Waals surface area (Å²) in [6.07, 6.45) is -0.484. The van der Waals surface area contributed by atoms with Crippen molar-refractivity contribution in [3.05, 3.63) is 0 Å². The summed E-state index contributed by atoms with van der Waals surface area (Å²) in [5.41, 5.74) is 4.98. The molecule has 0 spiro atoms. The van der Waals surface area contributed by atoms with Crippen LogP contribution < -0.4 is 5.73 Å². The molecule has 0 fully saturated rings. The van der Waals surface area contributed by atoms with Crippen molar-refractivity contribution in [3.8, 4) is 0 Å². The lowest BCUT2D eigenvalue weighted by molar-refractivity contribution is 0.163. The zero-order chi connectivity index (χ0) is 6.41. The van der Waals surface area contributed by atoms with Crippen LogP contribution in [0.1, 0.15) is 6.42 Å². The van der Waals surface area contributed by atoms with Gasteiger partial charge in [0.05, 0.1) is 0 Å². The molecule has 0 aromatic carbocycles. The van der Waals surface area contributed by atoms with Gasteiger partial charge in [-0.15, -0.1) is 0 Å². The Kier molecular flexibility index (Phi) is 4.90. The van der Waals surface area contributed by atoms with E-state index in [1.165, 1.54) is 0 Å². The van der Waals surface area contributed by atoms with E-state index in [-0.39, 0.29) is 6.54 Å². The zero-order valence-corrected chi connectivity index (χ0v) is 5.06. The summed E-state index contributed by atoms with van der Waals surface area (Å²) in [4.78, 5) is 0. The molecule has 0 amide bonds. The van der Waals surface area contributed by atoms with Crippen molar-refractivity contribution in [2.24, 2.45) is 5.73 Å². The summed E-state index contributed by atoms with van der Waals surface area (Å²) in [5, 5.41) is 0. The quantitative estimate of drug-likeness (QED) is 0.581. The normalized spacial score (nSPS) is 13.9. The zero-order valence-electron chi connectivity index (χ0n) is 5.06. The molecule has 0 aliphatic rings. The van der Waals surface area contributed by atoms with Gasteiger partial charge in [0.1, 0.15) is 6.17 Å². The third-order valence-corrected chi connectivity index (χ3v) is 0.891. The highest BCUT2D eigenvalue weighted by Gasteiger charge is 2.00. The lowest BCUT2D eigenvalue weighted by atomic mass is 10.3. The van der Waals surface area contributed by atoms with Crippen molar-refractivity contribution >= 4 is 0 Å². The van der Waals surface area contributed by atoms with Gasteiger partial charge in [0.2, 0.25) is 0 Å². The highest BCUT2D eigenvalue weighted by molar-refractivity contribution is 4.53. The minimum atomic E-state index is -0.894. The first-order chi connectivity index (χ1) is 3.81. The van der Waals surface area contributed by atoms with Gasteiger partial charge < -0.3 is 10.5 Å². The van der Waals surface area contributed by atoms with Crippen LogP contribution in [-0.4, -0.2) is 26.4 Å². The van der Waals surface area contributed by atoms with Gasteiger partial charge in [-0.05, 0) is 0 Å². The molecule has 0 aromatic heterocycles. The fourth-order valence-electron chi connectivity index (χ4n) is 0.364. The minimum absolute atomic E-state index is 0.101. The summed E-state index contributed by atoms with van der Waals surface area (Å²) in [6, 6.07) is 0. The fourth-order valence-corrected chi connectivity index (χ4v) is 0.364. The summed E-state index contributed by atoms with van der Waals surface area (Å²) in [5.74, 6) is 0. The van der Waals surface area contributed by atoms with E-state index >= 15 is 0 Å². The standard InChI is InChI=1S/C5H12FNO/c1-8-3-2-5(6)4-7/h5H,2-4,7H2,1H3/t5-/m1/s1. The Bertz CT molecular complexity index is 51.7. The van der Waals surface area contributed by atoms with E-state index in [0.717, 1.165) is 0 Å². The van der Waals surface area contributed by atoms with Gasteiger partial charge in [0, 0.05) is 26.7 Å². The van der Waals surface area contributed by atoms with Crippen LogP contribution in [0.15, 0.2) is 0 Å². The van der Waals surface area contributed by atoms with Crippen molar-refractivity contribution in [2.45, 2.75) is 12.6 Å². The first kappa shape index (κ1) is 7.85. The number of hydrogen-bond acceptors (Lipinski definition) is 2. The second-order valence-corrected chi connectivity index (χ2v) is 1.61. The van der Waals surface area contributed by atoms with E-state index in [4.69, 9.17) is 5.73 Å². The average molecular weight is 121 g/mol. The Morgan fingerprint density at radius 3 is 2.75 bits per heavy atom. The largest absolute Gasteiger partial charge is 0.385 e. The van der Waals surface area contributed by atoms with Crippen molar-refractivity contribution < 1.29 is 9.13 Å². The van der Waals surface area contributed by atoms with Gasteiger partial charge in [-0.25, -0.2) is 4.39 Å². The molecule has 0 bridgehead atoms. The van der Waals surface area contributed by atoms with Gasteiger partial charge in [-0.2, -0.15) is 0 Å². The highest BCUT2D eigenvalue weighted by atomic mass is 19.1. The Hall–Kier alpha value is -0.150. The Morgan fingerprint density at radius 1 is 1.75 bits per heavy atom. The first-order valence-corrected chi connectivity index (χ1v) is 2.64. The summed E-state index contributed by atoms with van der Waals surface area (Å²) >= 11 is 0. The van der Waals surface area contributed by atoms with Crippen molar-refractivity contribution in [1.29, 1.82) is 0 Å². The average Bonchev–Trinajstić information content (AvgIpc) is 1.83. The molecule has 0 aromatic rings. The highest BCUT2D eigenvalue weighted by Crippen LogP contribution is 1.93. The molecule has 1 atom stereocenters. The molecule has 8 heavy (non-hydrogen) atoms. The van der Waals surface area contributed by atoms with Gasteiger partial charge in [-0.1, -0.05) is 0 Å². The first-order valence-electron chi connectivity index (χ1n) is 2.64. The number of alkyl halides is 1. The molecular formula is C5H12FNO. The SMILES string of the molecule is COCC[C@@H](F)CN. The molecule has 0 saturated carbocycles. The molecule has 0 radical (unpaired) electrons. The van der Waals surface area contributed by atoms with E-state index in [2.05, 4.69) is 4.74 Å². The monoisotopic (exact) mass is 121 g/mol. The number of halogens is 1. The van der Waals surface area contributed by atoms with Crippen molar-refractivity contribution in [1.82, 2.24) is 0 Å². The molecule has 0 saturated heterocycles. The van der Waals surface area contributed by atoms with Crippen LogP contribution >= 0.6 is 0 Å². The van der Waals surface area contributed by atoms with Crippen LogP contribution in [0.3, 0.4) is 0 Å². The molecule has 3 heteroatoms. The van der Waals surface area contributed by atoms with Crippen LogP contribution in [-0.2, 0) is 4.74 Å². The Balaban J connectivity index is 2.86. The van der Waals surface area contributed by atoms with E-state index < -0.39 is 6.17 Å². The smallest absolute Gasteiger partial charge is 0.114 e. The predicted octanol–water partition coefficient (Wildman–Crippen LogP) is 0.320. The number of ether oxygens (including phenoxy) is 1. The molecule has 2 N–H and O–H groups in total. The Labute approximate surface area is 48.8 Å². The van der Waals surface area contributed by atoms with Crippen molar-refractivity contribution in [2.75, 3.05) is 20.3 Å². The molecule has 0 heterocycles. The molecule has 0 unspecified atom stereocenters. The molecule has 0 aliphatic heterocycles. The van der Waals surface area contributed by atoms with Crippen LogP contribution in [0.2, 0.25) is 0 Å². The molecule has 50 valence electrons.